The molecule has 6 heteroatoms. The van der Waals surface area contributed by atoms with Gasteiger partial charge in [-0.15, -0.1) is 0 Å². The summed E-state index contributed by atoms with van der Waals surface area (Å²) < 4.78 is 6.86. The lowest BCUT2D eigenvalue weighted by Gasteiger charge is -2.07. The summed E-state index contributed by atoms with van der Waals surface area (Å²) in [6.45, 7) is 0.686. The van der Waals surface area contributed by atoms with Gasteiger partial charge in [0.05, 0.1) is 18.4 Å². The number of aromatic carboxylic acids is 1. The molecular formula is C13H12N2O4. The third-order valence-electron chi connectivity index (χ3n) is 2.49. The fourth-order valence-corrected chi connectivity index (χ4v) is 1.50. The van der Waals surface area contributed by atoms with Crippen LogP contribution in [-0.2, 0) is 6.54 Å². The summed E-state index contributed by atoms with van der Waals surface area (Å²) in [7, 11) is 0. The van der Waals surface area contributed by atoms with Crippen LogP contribution in [0.3, 0.4) is 0 Å². The van der Waals surface area contributed by atoms with Gasteiger partial charge >= 0.3 is 5.97 Å². The fourth-order valence-electron chi connectivity index (χ4n) is 1.50. The molecule has 0 spiro atoms. The van der Waals surface area contributed by atoms with Crippen LogP contribution in [0.25, 0.3) is 0 Å². The zero-order chi connectivity index (χ0) is 13.7. The van der Waals surface area contributed by atoms with Crippen LogP contribution in [-0.4, -0.2) is 27.2 Å². The lowest BCUT2D eigenvalue weighted by Crippen LogP contribution is -2.22. The molecule has 1 aromatic carbocycles. The number of benzene rings is 1. The number of ether oxygens (including phenoxy) is 1. The third kappa shape index (κ3) is 3.41. The topological polar surface area (TPSA) is 81.4 Å². The first-order valence-electron chi connectivity index (χ1n) is 5.63. The van der Waals surface area contributed by atoms with Gasteiger partial charge in [-0.25, -0.2) is 9.78 Å². The summed E-state index contributed by atoms with van der Waals surface area (Å²) in [5, 5.41) is 8.75. The van der Waals surface area contributed by atoms with E-state index in [2.05, 4.69) is 4.98 Å². The monoisotopic (exact) mass is 260 g/mol. The summed E-state index contributed by atoms with van der Waals surface area (Å²) in [5.74, 6) is -0.421. The fraction of sp³-hybridized carbons (Fsp3) is 0.154. The highest BCUT2D eigenvalue weighted by molar-refractivity contribution is 5.87. The molecule has 0 aliphatic rings. The van der Waals surface area contributed by atoms with Crippen molar-refractivity contribution in [2.24, 2.45) is 0 Å². The molecule has 0 aliphatic heterocycles. The Balaban J connectivity index is 1.91. The van der Waals surface area contributed by atoms with E-state index in [1.165, 1.54) is 35.3 Å². The zero-order valence-electron chi connectivity index (χ0n) is 10.0. The number of aromatic nitrogens is 2. The summed E-state index contributed by atoms with van der Waals surface area (Å²) in [5.41, 5.74) is 0.0654. The maximum Gasteiger partial charge on any atom is 0.335 e. The van der Waals surface area contributed by atoms with Gasteiger partial charge in [-0.1, -0.05) is 0 Å². The number of carbonyl (C=O) groups is 1. The highest BCUT2D eigenvalue weighted by Gasteiger charge is 2.02. The van der Waals surface area contributed by atoms with Crippen LogP contribution in [0.2, 0.25) is 0 Å². The number of rotatable bonds is 5. The van der Waals surface area contributed by atoms with Gasteiger partial charge in [-0.2, -0.15) is 0 Å². The van der Waals surface area contributed by atoms with Gasteiger partial charge in [0, 0.05) is 12.3 Å². The Labute approximate surface area is 108 Å². The molecular weight excluding hydrogens is 248 g/mol. The van der Waals surface area contributed by atoms with Crippen LogP contribution in [0.15, 0.2) is 47.7 Å². The van der Waals surface area contributed by atoms with E-state index in [4.69, 9.17) is 9.84 Å². The first-order chi connectivity index (χ1) is 9.16. The first kappa shape index (κ1) is 12.8. The van der Waals surface area contributed by atoms with E-state index in [1.807, 2.05) is 0 Å². The number of hydrogen-bond donors (Lipinski definition) is 1. The van der Waals surface area contributed by atoms with Crippen LogP contribution >= 0.6 is 0 Å². The SMILES string of the molecule is O=C(O)c1ccc(OCCn2cnccc2=O)cc1. The number of hydrogen-bond acceptors (Lipinski definition) is 4. The van der Waals surface area contributed by atoms with Gasteiger partial charge in [0.15, 0.2) is 0 Å². The molecule has 2 rings (SSSR count). The predicted octanol–water partition coefficient (Wildman–Crippen LogP) is 1.02. The molecule has 1 heterocycles. The van der Waals surface area contributed by atoms with E-state index >= 15 is 0 Å². The zero-order valence-corrected chi connectivity index (χ0v) is 10.0. The van der Waals surface area contributed by atoms with Crippen molar-refractivity contribution in [2.45, 2.75) is 6.54 Å². The van der Waals surface area contributed by atoms with Crippen molar-refractivity contribution in [3.8, 4) is 5.75 Å². The second-order valence-electron chi connectivity index (χ2n) is 3.79. The maximum atomic E-state index is 11.4. The molecule has 0 saturated carbocycles. The lowest BCUT2D eigenvalue weighted by molar-refractivity contribution is 0.0697. The molecule has 1 N–H and O–H groups in total. The third-order valence-corrected chi connectivity index (χ3v) is 2.49. The van der Waals surface area contributed by atoms with E-state index in [9.17, 15) is 9.59 Å². The number of nitrogens with zero attached hydrogens (tertiary/aromatic N) is 2. The van der Waals surface area contributed by atoms with Gasteiger partial charge in [0.2, 0.25) is 0 Å². The minimum atomic E-state index is -0.978. The Hall–Kier alpha value is -2.63. The van der Waals surface area contributed by atoms with Crippen molar-refractivity contribution in [1.29, 1.82) is 0 Å². The molecule has 19 heavy (non-hydrogen) atoms. The summed E-state index contributed by atoms with van der Waals surface area (Å²) in [6.07, 6.45) is 2.88. The number of carboxylic acids is 1. The van der Waals surface area contributed by atoms with Gasteiger partial charge in [-0.05, 0) is 24.3 Å². The van der Waals surface area contributed by atoms with Crippen molar-refractivity contribution in [3.05, 3.63) is 58.8 Å². The Bertz CT molecular complexity index is 619. The van der Waals surface area contributed by atoms with Gasteiger partial charge < -0.3 is 9.84 Å². The Morgan fingerprint density at radius 1 is 1.26 bits per heavy atom. The molecule has 0 radical (unpaired) electrons. The average Bonchev–Trinajstić information content (AvgIpc) is 2.41. The van der Waals surface area contributed by atoms with Crippen molar-refractivity contribution in [1.82, 2.24) is 9.55 Å². The van der Waals surface area contributed by atoms with Crippen LogP contribution in [0.5, 0.6) is 5.75 Å². The molecule has 0 amide bonds. The largest absolute Gasteiger partial charge is 0.492 e. The van der Waals surface area contributed by atoms with Gasteiger partial charge in [0.1, 0.15) is 12.4 Å². The average molecular weight is 260 g/mol. The van der Waals surface area contributed by atoms with Crippen molar-refractivity contribution in [3.63, 3.8) is 0 Å². The summed E-state index contributed by atoms with van der Waals surface area (Å²) in [6, 6.07) is 7.47. The minimum Gasteiger partial charge on any atom is -0.492 e. The molecule has 98 valence electrons. The van der Waals surface area contributed by atoms with Gasteiger partial charge in [-0.3, -0.25) is 9.36 Å². The molecule has 0 aliphatic carbocycles. The Morgan fingerprint density at radius 2 is 2.00 bits per heavy atom. The van der Waals surface area contributed by atoms with E-state index < -0.39 is 5.97 Å². The highest BCUT2D eigenvalue weighted by atomic mass is 16.5. The van der Waals surface area contributed by atoms with E-state index in [-0.39, 0.29) is 11.1 Å². The molecule has 0 saturated heterocycles. The maximum absolute atomic E-state index is 11.4. The second-order valence-corrected chi connectivity index (χ2v) is 3.79. The molecule has 0 unspecified atom stereocenters. The smallest absolute Gasteiger partial charge is 0.335 e. The molecule has 0 bridgehead atoms. The van der Waals surface area contributed by atoms with Crippen molar-refractivity contribution < 1.29 is 14.6 Å². The van der Waals surface area contributed by atoms with Crippen LogP contribution in [0.1, 0.15) is 10.4 Å². The van der Waals surface area contributed by atoms with Gasteiger partial charge in [0.25, 0.3) is 5.56 Å². The van der Waals surface area contributed by atoms with Crippen LogP contribution in [0.4, 0.5) is 0 Å². The second kappa shape index (κ2) is 5.81. The Morgan fingerprint density at radius 3 is 2.63 bits per heavy atom. The Kier molecular flexibility index (Phi) is 3.92. The summed E-state index contributed by atoms with van der Waals surface area (Å²) in [4.78, 5) is 25.9. The lowest BCUT2D eigenvalue weighted by atomic mass is 10.2. The molecule has 0 atom stereocenters. The highest BCUT2D eigenvalue weighted by Crippen LogP contribution is 2.11. The molecule has 2 aromatic rings. The standard InChI is InChI=1S/C13H12N2O4/c16-12-5-6-14-9-15(12)7-8-19-11-3-1-10(2-4-11)13(17)18/h1-6,9H,7-8H2,(H,17,18). The summed E-state index contributed by atoms with van der Waals surface area (Å²) >= 11 is 0. The molecule has 0 fully saturated rings. The number of carboxylic acid groups (broad SMARTS) is 1. The first-order valence-corrected chi connectivity index (χ1v) is 5.63. The quantitative estimate of drug-likeness (QED) is 0.868. The van der Waals surface area contributed by atoms with Crippen LogP contribution < -0.4 is 10.3 Å². The van der Waals surface area contributed by atoms with E-state index in [0.29, 0.717) is 18.9 Å². The minimum absolute atomic E-state index is 0.139. The normalized spacial score (nSPS) is 10.1. The van der Waals surface area contributed by atoms with E-state index in [1.54, 1.807) is 12.1 Å². The molecule has 1 aromatic heterocycles. The predicted molar refractivity (Wildman–Crippen MR) is 67.4 cm³/mol. The molecule has 6 nitrogen and oxygen atoms in total. The van der Waals surface area contributed by atoms with Crippen molar-refractivity contribution >= 4 is 5.97 Å². The van der Waals surface area contributed by atoms with Crippen molar-refractivity contribution in [2.75, 3.05) is 6.61 Å². The van der Waals surface area contributed by atoms with Crippen LogP contribution in [0, 0.1) is 0 Å². The van der Waals surface area contributed by atoms with E-state index in [0.717, 1.165) is 0 Å².